The highest BCUT2D eigenvalue weighted by atomic mass is 16.1. The van der Waals surface area contributed by atoms with Gasteiger partial charge in [-0.1, -0.05) is 6.92 Å². The SMILES string of the molecule is CCC(C)n1ncc(C(=O)NC2C3CC4CC(C3)CC2C4)c1N1CCCCC1. The van der Waals surface area contributed by atoms with Crippen molar-refractivity contribution in [1.82, 2.24) is 15.1 Å². The van der Waals surface area contributed by atoms with Crippen molar-refractivity contribution < 1.29 is 4.79 Å². The second kappa shape index (κ2) is 7.38. The average Bonchev–Trinajstić information content (AvgIpc) is 3.15. The van der Waals surface area contributed by atoms with Crippen LogP contribution in [0.1, 0.15) is 88.0 Å². The molecule has 1 amide bonds. The van der Waals surface area contributed by atoms with Crippen LogP contribution in [0.4, 0.5) is 5.82 Å². The van der Waals surface area contributed by atoms with Crippen LogP contribution in [-0.4, -0.2) is 34.8 Å². The van der Waals surface area contributed by atoms with Crippen LogP contribution in [0.2, 0.25) is 0 Å². The van der Waals surface area contributed by atoms with Gasteiger partial charge in [0.25, 0.3) is 5.91 Å². The lowest BCUT2D eigenvalue weighted by atomic mass is 9.54. The van der Waals surface area contributed by atoms with Gasteiger partial charge in [-0.25, -0.2) is 4.68 Å². The first-order chi connectivity index (χ1) is 13.6. The number of hydrogen-bond acceptors (Lipinski definition) is 3. The third-order valence-corrected chi connectivity index (χ3v) is 8.20. The highest BCUT2D eigenvalue weighted by molar-refractivity contribution is 5.99. The topological polar surface area (TPSA) is 50.2 Å². The van der Waals surface area contributed by atoms with Crippen molar-refractivity contribution in [3.8, 4) is 0 Å². The summed E-state index contributed by atoms with van der Waals surface area (Å²) in [6.45, 7) is 6.49. The van der Waals surface area contributed by atoms with Gasteiger partial charge in [0.1, 0.15) is 11.4 Å². The summed E-state index contributed by atoms with van der Waals surface area (Å²) in [4.78, 5) is 15.8. The molecule has 28 heavy (non-hydrogen) atoms. The Labute approximate surface area is 169 Å². The number of carbonyl (C=O) groups is 1. The van der Waals surface area contributed by atoms with E-state index >= 15 is 0 Å². The third-order valence-electron chi connectivity index (χ3n) is 8.20. The Bertz CT molecular complexity index is 692. The number of anilines is 1. The third kappa shape index (κ3) is 3.15. The van der Waals surface area contributed by atoms with E-state index in [0.717, 1.165) is 42.7 Å². The maximum atomic E-state index is 13.4. The number of nitrogens with one attached hydrogen (secondary N) is 1. The van der Waals surface area contributed by atoms with Gasteiger partial charge in [0.05, 0.1) is 12.2 Å². The molecule has 0 spiro atoms. The van der Waals surface area contributed by atoms with E-state index in [1.807, 2.05) is 6.20 Å². The minimum absolute atomic E-state index is 0.118. The van der Waals surface area contributed by atoms with E-state index in [0.29, 0.717) is 23.9 Å². The van der Waals surface area contributed by atoms with Gasteiger partial charge in [0.15, 0.2) is 0 Å². The molecule has 4 aliphatic carbocycles. The Morgan fingerprint density at radius 2 is 1.75 bits per heavy atom. The summed E-state index contributed by atoms with van der Waals surface area (Å²) in [6, 6.07) is 0.709. The molecular formula is C23H36N4O. The van der Waals surface area contributed by atoms with E-state index in [1.165, 1.54) is 51.4 Å². The molecule has 1 aromatic heterocycles. The van der Waals surface area contributed by atoms with E-state index < -0.39 is 0 Å². The van der Waals surface area contributed by atoms with Gasteiger partial charge in [0, 0.05) is 19.1 Å². The van der Waals surface area contributed by atoms with E-state index in [1.54, 1.807) is 0 Å². The summed E-state index contributed by atoms with van der Waals surface area (Å²) in [5, 5.41) is 8.19. The standard InChI is InChI=1S/C23H36N4O/c1-3-15(2)27-23(26-7-5-4-6-8-26)20(14-24-27)22(28)25-21-18-10-16-9-17(12-18)13-19(21)11-16/h14-19,21H,3-13H2,1-2H3,(H,25,28). The normalized spacial score (nSPS) is 35.2. The Morgan fingerprint density at radius 1 is 1.11 bits per heavy atom. The molecule has 1 saturated heterocycles. The summed E-state index contributed by atoms with van der Waals surface area (Å²) in [6.07, 6.45) is 13.4. The molecule has 1 aromatic rings. The monoisotopic (exact) mass is 384 g/mol. The van der Waals surface area contributed by atoms with Crippen molar-refractivity contribution in [1.29, 1.82) is 0 Å². The van der Waals surface area contributed by atoms with Crippen LogP contribution in [0, 0.1) is 23.7 Å². The predicted octanol–water partition coefficient (Wildman–Crippen LogP) is 4.40. The lowest BCUT2D eigenvalue weighted by molar-refractivity contribution is -0.0119. The van der Waals surface area contributed by atoms with Crippen molar-refractivity contribution >= 4 is 11.7 Å². The van der Waals surface area contributed by atoms with Crippen LogP contribution >= 0.6 is 0 Å². The van der Waals surface area contributed by atoms with Crippen LogP contribution in [0.25, 0.3) is 0 Å². The lowest BCUT2D eigenvalue weighted by Gasteiger charge is -2.54. The van der Waals surface area contributed by atoms with Gasteiger partial charge in [0.2, 0.25) is 0 Å². The summed E-state index contributed by atoms with van der Waals surface area (Å²) in [5.41, 5.74) is 0.802. The first kappa shape index (κ1) is 18.5. The van der Waals surface area contributed by atoms with Crippen LogP contribution in [0.3, 0.4) is 0 Å². The molecule has 5 heteroatoms. The zero-order valence-corrected chi connectivity index (χ0v) is 17.6. The van der Waals surface area contributed by atoms with Gasteiger partial charge in [-0.05, 0) is 88.4 Å². The smallest absolute Gasteiger partial charge is 0.256 e. The minimum Gasteiger partial charge on any atom is -0.356 e. The Morgan fingerprint density at radius 3 is 2.36 bits per heavy atom. The minimum atomic E-state index is 0.118. The van der Waals surface area contributed by atoms with Crippen molar-refractivity contribution in [3.63, 3.8) is 0 Å². The average molecular weight is 385 g/mol. The number of amides is 1. The van der Waals surface area contributed by atoms with Crippen LogP contribution < -0.4 is 10.2 Å². The molecule has 4 saturated carbocycles. The molecule has 0 radical (unpaired) electrons. The molecule has 0 aromatic carbocycles. The van der Waals surface area contributed by atoms with Gasteiger partial charge in [-0.15, -0.1) is 0 Å². The number of aromatic nitrogens is 2. The summed E-state index contributed by atoms with van der Waals surface area (Å²) in [7, 11) is 0. The van der Waals surface area contributed by atoms with Crippen molar-refractivity contribution in [2.45, 2.75) is 83.7 Å². The van der Waals surface area contributed by atoms with Crippen LogP contribution in [0.15, 0.2) is 6.20 Å². The maximum absolute atomic E-state index is 13.4. The zero-order chi connectivity index (χ0) is 19.3. The van der Waals surface area contributed by atoms with Crippen LogP contribution in [0.5, 0.6) is 0 Å². The molecule has 1 aliphatic heterocycles. The first-order valence-corrected chi connectivity index (χ1v) is 11.8. The fourth-order valence-corrected chi connectivity index (χ4v) is 6.82. The Hall–Kier alpha value is -1.52. The Kier molecular flexibility index (Phi) is 4.88. The van der Waals surface area contributed by atoms with Crippen molar-refractivity contribution in [2.75, 3.05) is 18.0 Å². The molecule has 6 rings (SSSR count). The highest BCUT2D eigenvalue weighted by Crippen LogP contribution is 2.53. The second-order valence-electron chi connectivity index (χ2n) is 10.1. The lowest BCUT2D eigenvalue weighted by Crippen LogP contribution is -2.55. The molecule has 4 bridgehead atoms. The molecule has 1 unspecified atom stereocenters. The van der Waals surface area contributed by atoms with Gasteiger partial charge in [-0.2, -0.15) is 5.10 Å². The first-order valence-electron chi connectivity index (χ1n) is 11.8. The van der Waals surface area contributed by atoms with Crippen LogP contribution in [-0.2, 0) is 0 Å². The Balaban J connectivity index is 1.39. The quantitative estimate of drug-likeness (QED) is 0.819. The van der Waals surface area contributed by atoms with Crippen molar-refractivity contribution in [2.24, 2.45) is 23.7 Å². The number of nitrogens with zero attached hydrogens (tertiary/aromatic N) is 3. The van der Waals surface area contributed by atoms with Gasteiger partial charge in [-0.3, -0.25) is 4.79 Å². The summed E-state index contributed by atoms with van der Waals surface area (Å²) < 4.78 is 2.11. The fourth-order valence-electron chi connectivity index (χ4n) is 6.82. The van der Waals surface area contributed by atoms with E-state index in [-0.39, 0.29) is 5.91 Å². The molecule has 1 atom stereocenters. The molecule has 5 nitrogen and oxygen atoms in total. The fraction of sp³-hybridized carbons (Fsp3) is 0.826. The van der Waals surface area contributed by atoms with E-state index in [9.17, 15) is 4.79 Å². The summed E-state index contributed by atoms with van der Waals surface area (Å²) >= 11 is 0. The number of rotatable bonds is 5. The highest BCUT2D eigenvalue weighted by Gasteiger charge is 2.48. The maximum Gasteiger partial charge on any atom is 0.256 e. The van der Waals surface area contributed by atoms with Crippen molar-refractivity contribution in [3.05, 3.63) is 11.8 Å². The molecule has 154 valence electrons. The predicted molar refractivity (Wildman–Crippen MR) is 112 cm³/mol. The van der Waals surface area contributed by atoms with E-state index in [2.05, 4.69) is 33.8 Å². The number of hydrogen-bond donors (Lipinski definition) is 1. The van der Waals surface area contributed by atoms with Gasteiger partial charge < -0.3 is 10.2 Å². The molecule has 1 N–H and O–H groups in total. The van der Waals surface area contributed by atoms with Gasteiger partial charge >= 0.3 is 0 Å². The molecular weight excluding hydrogens is 348 g/mol. The number of piperidine rings is 1. The second-order valence-corrected chi connectivity index (χ2v) is 10.1. The summed E-state index contributed by atoms with van der Waals surface area (Å²) in [5.74, 6) is 4.48. The molecule has 5 fully saturated rings. The molecule has 5 aliphatic rings. The largest absolute Gasteiger partial charge is 0.356 e. The number of carbonyl (C=O) groups excluding carboxylic acids is 1. The zero-order valence-electron chi connectivity index (χ0n) is 17.6. The molecule has 2 heterocycles. The van der Waals surface area contributed by atoms with E-state index in [4.69, 9.17) is 0 Å².